The topological polar surface area (TPSA) is 66.5 Å². The highest BCUT2D eigenvalue weighted by atomic mass is 35.5. The Hall–Kier alpha value is -1.76. The van der Waals surface area contributed by atoms with Crippen molar-refractivity contribution in [1.82, 2.24) is 5.32 Å². The molecule has 0 radical (unpaired) electrons. The van der Waals surface area contributed by atoms with Crippen LogP contribution >= 0.6 is 23.2 Å². The number of hydrogen-bond donors (Lipinski definition) is 1. The van der Waals surface area contributed by atoms with Crippen LogP contribution in [0, 0.1) is 0 Å². The highest BCUT2D eigenvalue weighted by Crippen LogP contribution is 2.21. The Morgan fingerprint density at radius 2 is 1.75 bits per heavy atom. The molecule has 0 saturated heterocycles. The lowest BCUT2D eigenvalue weighted by molar-refractivity contribution is 0.0951. The van der Waals surface area contributed by atoms with Crippen molar-refractivity contribution in [3.8, 4) is 0 Å². The molecule has 0 unspecified atom stereocenters. The maximum absolute atomic E-state index is 12.2. The minimum atomic E-state index is -3.34. The van der Waals surface area contributed by atoms with Crippen LogP contribution in [0.1, 0.15) is 15.9 Å². The van der Waals surface area contributed by atoms with E-state index in [2.05, 4.69) is 5.32 Å². The highest BCUT2D eigenvalue weighted by molar-refractivity contribution is 7.92. The molecule has 0 heterocycles. The predicted octanol–water partition coefficient (Wildman–Crippen LogP) is 3.32. The molecule has 1 N–H and O–H groups in total. The fourth-order valence-electron chi connectivity index (χ4n) is 1.96. The van der Waals surface area contributed by atoms with Gasteiger partial charge >= 0.3 is 0 Å². The monoisotopic (exact) mass is 386 g/mol. The molecule has 0 fully saturated rings. The summed E-state index contributed by atoms with van der Waals surface area (Å²) in [7, 11) is -1.88. The largest absolute Gasteiger partial charge is 0.348 e. The van der Waals surface area contributed by atoms with E-state index in [1.165, 1.54) is 7.05 Å². The summed E-state index contributed by atoms with van der Waals surface area (Å²) < 4.78 is 24.1. The molecule has 2 aromatic carbocycles. The molecule has 128 valence electrons. The van der Waals surface area contributed by atoms with Crippen LogP contribution in [-0.4, -0.2) is 27.6 Å². The average Bonchev–Trinajstić information content (AvgIpc) is 2.52. The van der Waals surface area contributed by atoms with Gasteiger partial charge in [-0.05, 0) is 42.0 Å². The molecular weight excluding hydrogens is 371 g/mol. The molecule has 0 aliphatic heterocycles. The van der Waals surface area contributed by atoms with Gasteiger partial charge in [0.2, 0.25) is 10.0 Å². The van der Waals surface area contributed by atoms with Crippen LogP contribution in [0.5, 0.6) is 0 Å². The quantitative estimate of drug-likeness (QED) is 0.856. The van der Waals surface area contributed by atoms with Gasteiger partial charge in [-0.1, -0.05) is 29.3 Å². The van der Waals surface area contributed by atoms with Gasteiger partial charge in [-0.15, -0.1) is 0 Å². The molecule has 2 aromatic rings. The predicted molar refractivity (Wildman–Crippen MR) is 97.3 cm³/mol. The van der Waals surface area contributed by atoms with E-state index in [0.717, 1.165) is 16.1 Å². The Labute approximate surface area is 151 Å². The molecule has 0 aliphatic rings. The van der Waals surface area contributed by atoms with Gasteiger partial charge in [0, 0.05) is 29.2 Å². The van der Waals surface area contributed by atoms with Crippen molar-refractivity contribution < 1.29 is 13.2 Å². The molecule has 0 bridgehead atoms. The number of carbonyl (C=O) groups is 1. The summed E-state index contributed by atoms with van der Waals surface area (Å²) in [6.07, 6.45) is 1.11. The number of amides is 1. The number of carbonyl (C=O) groups excluding carboxylic acids is 1. The van der Waals surface area contributed by atoms with Gasteiger partial charge in [-0.25, -0.2) is 8.42 Å². The van der Waals surface area contributed by atoms with E-state index in [1.807, 2.05) is 0 Å². The number of nitrogens with zero attached hydrogens (tertiary/aromatic N) is 1. The van der Waals surface area contributed by atoms with Gasteiger partial charge < -0.3 is 5.32 Å². The number of hydrogen-bond acceptors (Lipinski definition) is 3. The van der Waals surface area contributed by atoms with E-state index in [9.17, 15) is 13.2 Å². The fourth-order valence-corrected chi connectivity index (χ4v) is 2.94. The van der Waals surface area contributed by atoms with Crippen molar-refractivity contribution >= 4 is 44.8 Å². The van der Waals surface area contributed by atoms with Gasteiger partial charge in [-0.2, -0.15) is 0 Å². The maximum Gasteiger partial charge on any atom is 0.251 e. The van der Waals surface area contributed by atoms with Crippen molar-refractivity contribution in [3.05, 3.63) is 63.6 Å². The molecule has 5 nitrogen and oxygen atoms in total. The second-order valence-electron chi connectivity index (χ2n) is 5.20. The molecule has 2 rings (SSSR count). The number of benzene rings is 2. The van der Waals surface area contributed by atoms with Crippen LogP contribution in [0.3, 0.4) is 0 Å². The lowest BCUT2D eigenvalue weighted by Crippen LogP contribution is -2.25. The van der Waals surface area contributed by atoms with Crippen molar-refractivity contribution in [2.45, 2.75) is 6.54 Å². The Bertz CT molecular complexity index is 852. The van der Waals surface area contributed by atoms with Crippen LogP contribution in [0.2, 0.25) is 10.0 Å². The first-order valence-corrected chi connectivity index (χ1v) is 9.55. The third kappa shape index (κ3) is 4.63. The molecule has 0 spiro atoms. The number of halogens is 2. The first-order valence-electron chi connectivity index (χ1n) is 6.94. The van der Waals surface area contributed by atoms with Crippen molar-refractivity contribution in [2.75, 3.05) is 17.6 Å². The first kappa shape index (κ1) is 18.6. The molecule has 0 saturated carbocycles. The van der Waals surface area contributed by atoms with E-state index < -0.39 is 10.0 Å². The Morgan fingerprint density at radius 1 is 1.12 bits per heavy atom. The third-order valence-electron chi connectivity index (χ3n) is 3.45. The zero-order valence-corrected chi connectivity index (χ0v) is 15.4. The zero-order valence-electron chi connectivity index (χ0n) is 13.1. The number of sulfonamides is 1. The number of rotatable bonds is 5. The summed E-state index contributed by atoms with van der Waals surface area (Å²) in [6.45, 7) is 0.264. The van der Waals surface area contributed by atoms with Crippen LogP contribution in [-0.2, 0) is 16.6 Å². The molecule has 8 heteroatoms. The zero-order chi connectivity index (χ0) is 17.9. The second-order valence-corrected chi connectivity index (χ2v) is 8.05. The molecule has 0 aromatic heterocycles. The molecule has 1 amide bonds. The summed E-state index contributed by atoms with van der Waals surface area (Å²) in [5.74, 6) is -0.283. The van der Waals surface area contributed by atoms with E-state index >= 15 is 0 Å². The Morgan fingerprint density at radius 3 is 2.29 bits per heavy atom. The number of anilines is 1. The molecule has 24 heavy (non-hydrogen) atoms. The van der Waals surface area contributed by atoms with Gasteiger partial charge in [-0.3, -0.25) is 9.10 Å². The Kier molecular flexibility index (Phi) is 5.74. The third-order valence-corrected chi connectivity index (χ3v) is 5.24. The summed E-state index contributed by atoms with van der Waals surface area (Å²) in [5.41, 5.74) is 1.66. The van der Waals surface area contributed by atoms with Crippen molar-refractivity contribution in [2.24, 2.45) is 0 Å². The van der Waals surface area contributed by atoms with Crippen molar-refractivity contribution in [3.63, 3.8) is 0 Å². The Balaban J connectivity index is 2.05. The second kappa shape index (κ2) is 7.42. The lowest BCUT2D eigenvalue weighted by Gasteiger charge is -2.16. The standard InChI is InChI=1S/C16H16Cl2N2O3S/c1-20(24(2,22)23)14-7-4-11(5-8-14)16(21)19-10-12-3-6-13(17)9-15(12)18/h3-9H,10H2,1-2H3,(H,19,21). The van der Waals surface area contributed by atoms with E-state index in [-0.39, 0.29) is 12.5 Å². The normalized spacial score (nSPS) is 11.2. The minimum absolute atomic E-state index is 0.264. The lowest BCUT2D eigenvalue weighted by atomic mass is 10.1. The van der Waals surface area contributed by atoms with Gasteiger partial charge in [0.15, 0.2) is 0 Å². The average molecular weight is 387 g/mol. The molecular formula is C16H16Cl2N2O3S. The van der Waals surface area contributed by atoms with E-state index in [1.54, 1.807) is 42.5 Å². The van der Waals surface area contributed by atoms with Crippen LogP contribution in [0.25, 0.3) is 0 Å². The van der Waals surface area contributed by atoms with Crippen molar-refractivity contribution in [1.29, 1.82) is 0 Å². The van der Waals surface area contributed by atoms with Gasteiger partial charge in [0.05, 0.1) is 11.9 Å². The molecule has 0 aliphatic carbocycles. The summed E-state index contributed by atoms with van der Waals surface area (Å²) in [6, 6.07) is 11.3. The smallest absolute Gasteiger partial charge is 0.251 e. The van der Waals surface area contributed by atoms with Gasteiger partial charge in [0.1, 0.15) is 0 Å². The van der Waals surface area contributed by atoms with Crippen LogP contribution < -0.4 is 9.62 Å². The molecule has 0 atom stereocenters. The van der Waals surface area contributed by atoms with E-state index in [4.69, 9.17) is 23.2 Å². The summed E-state index contributed by atoms with van der Waals surface area (Å²) in [5, 5.41) is 3.76. The summed E-state index contributed by atoms with van der Waals surface area (Å²) in [4.78, 5) is 12.2. The SMILES string of the molecule is CN(c1ccc(C(=O)NCc2ccc(Cl)cc2Cl)cc1)S(C)(=O)=O. The van der Waals surface area contributed by atoms with Crippen LogP contribution in [0.4, 0.5) is 5.69 Å². The van der Waals surface area contributed by atoms with Crippen LogP contribution in [0.15, 0.2) is 42.5 Å². The minimum Gasteiger partial charge on any atom is -0.348 e. The van der Waals surface area contributed by atoms with E-state index in [0.29, 0.717) is 21.3 Å². The first-order chi connectivity index (χ1) is 11.2. The maximum atomic E-state index is 12.2. The fraction of sp³-hybridized carbons (Fsp3) is 0.188. The van der Waals surface area contributed by atoms with Gasteiger partial charge in [0.25, 0.3) is 5.91 Å². The summed E-state index contributed by atoms with van der Waals surface area (Å²) >= 11 is 11.9. The highest BCUT2D eigenvalue weighted by Gasteiger charge is 2.13. The number of nitrogens with one attached hydrogen (secondary N) is 1.